The third-order valence-corrected chi connectivity index (χ3v) is 3.00. The summed E-state index contributed by atoms with van der Waals surface area (Å²) in [4.78, 5) is 23.3. The number of nitrogens with one attached hydrogen (secondary N) is 1. The molecular weight excluding hydrogens is 333 g/mol. The Morgan fingerprint density at radius 2 is 1.71 bits per heavy atom. The van der Waals surface area contributed by atoms with Crippen LogP contribution in [0.15, 0.2) is 36.5 Å². The van der Waals surface area contributed by atoms with Crippen LogP contribution in [0.2, 0.25) is 0 Å². The summed E-state index contributed by atoms with van der Waals surface area (Å²) in [5, 5.41) is 24.0. The van der Waals surface area contributed by atoms with Crippen LogP contribution in [-0.2, 0) is 12.7 Å². The number of hydrogen-bond acceptors (Lipinski definition) is 6. The minimum absolute atomic E-state index is 0.00278. The standard InChI is InChI=1S/C13H9F3N4O4/c14-13(15,16)9-5-11(20(23)24)12(18-7-9)17-6-8-1-3-10(4-2-8)19(21)22/h1-5,7H,6H2,(H,17,18). The van der Waals surface area contributed by atoms with E-state index in [0.29, 0.717) is 17.8 Å². The van der Waals surface area contributed by atoms with E-state index in [1.165, 1.54) is 24.3 Å². The number of nitrogens with zero attached hydrogens (tertiary/aromatic N) is 3. The summed E-state index contributed by atoms with van der Waals surface area (Å²) in [6.45, 7) is -0.00278. The van der Waals surface area contributed by atoms with E-state index in [4.69, 9.17) is 0 Å². The molecule has 0 fully saturated rings. The topological polar surface area (TPSA) is 111 Å². The molecule has 0 amide bonds. The van der Waals surface area contributed by atoms with Crippen molar-refractivity contribution in [3.05, 3.63) is 67.9 Å². The van der Waals surface area contributed by atoms with Gasteiger partial charge in [0.2, 0.25) is 5.82 Å². The Balaban J connectivity index is 2.20. The van der Waals surface area contributed by atoms with Gasteiger partial charge in [0.1, 0.15) is 0 Å². The van der Waals surface area contributed by atoms with Gasteiger partial charge >= 0.3 is 11.9 Å². The number of nitro benzene ring substituents is 1. The lowest BCUT2D eigenvalue weighted by molar-refractivity contribution is -0.384. The Morgan fingerprint density at radius 1 is 1.08 bits per heavy atom. The molecule has 0 saturated carbocycles. The third-order valence-electron chi connectivity index (χ3n) is 3.00. The summed E-state index contributed by atoms with van der Waals surface area (Å²) in [6, 6.07) is 5.71. The smallest absolute Gasteiger partial charge is 0.360 e. The highest BCUT2D eigenvalue weighted by Crippen LogP contribution is 2.33. The van der Waals surface area contributed by atoms with E-state index in [1.54, 1.807) is 0 Å². The Morgan fingerprint density at radius 3 is 2.21 bits per heavy atom. The number of anilines is 1. The highest BCUT2D eigenvalue weighted by Gasteiger charge is 2.33. The van der Waals surface area contributed by atoms with Gasteiger partial charge in [0.05, 0.1) is 15.4 Å². The number of pyridine rings is 1. The van der Waals surface area contributed by atoms with Gasteiger partial charge in [0.15, 0.2) is 0 Å². The lowest BCUT2D eigenvalue weighted by atomic mass is 10.2. The van der Waals surface area contributed by atoms with E-state index in [1.807, 2.05) is 0 Å². The Bertz CT molecular complexity index is 778. The number of rotatable bonds is 5. The van der Waals surface area contributed by atoms with Gasteiger partial charge in [-0.25, -0.2) is 4.98 Å². The Hall–Kier alpha value is -3.24. The first-order chi connectivity index (χ1) is 11.2. The van der Waals surface area contributed by atoms with Crippen molar-refractivity contribution in [3.8, 4) is 0 Å². The predicted molar refractivity (Wildman–Crippen MR) is 76.3 cm³/mol. The van der Waals surface area contributed by atoms with Crippen molar-refractivity contribution in [2.75, 3.05) is 5.32 Å². The van der Waals surface area contributed by atoms with Gasteiger partial charge in [-0.2, -0.15) is 13.2 Å². The maximum atomic E-state index is 12.6. The lowest BCUT2D eigenvalue weighted by Crippen LogP contribution is -2.10. The first-order valence-electron chi connectivity index (χ1n) is 6.37. The van der Waals surface area contributed by atoms with Crippen LogP contribution in [0, 0.1) is 20.2 Å². The monoisotopic (exact) mass is 342 g/mol. The summed E-state index contributed by atoms with van der Waals surface area (Å²) < 4.78 is 37.7. The van der Waals surface area contributed by atoms with Crippen molar-refractivity contribution in [2.24, 2.45) is 0 Å². The normalized spacial score (nSPS) is 11.1. The second-order valence-corrected chi connectivity index (χ2v) is 4.62. The summed E-state index contributed by atoms with van der Waals surface area (Å²) in [5.74, 6) is -0.327. The largest absolute Gasteiger partial charge is 0.418 e. The number of aromatic nitrogens is 1. The molecule has 0 bridgehead atoms. The van der Waals surface area contributed by atoms with Crippen LogP contribution in [0.4, 0.5) is 30.4 Å². The Kier molecular flexibility index (Phi) is 4.62. The molecule has 0 radical (unpaired) electrons. The maximum absolute atomic E-state index is 12.6. The summed E-state index contributed by atoms with van der Waals surface area (Å²) in [6.07, 6.45) is -4.25. The van der Waals surface area contributed by atoms with Crippen LogP contribution in [-0.4, -0.2) is 14.8 Å². The van der Waals surface area contributed by atoms with Crippen LogP contribution in [0.1, 0.15) is 11.1 Å². The molecule has 0 atom stereocenters. The molecule has 0 unspecified atom stereocenters. The lowest BCUT2D eigenvalue weighted by Gasteiger charge is -2.09. The van der Waals surface area contributed by atoms with Crippen LogP contribution < -0.4 is 5.32 Å². The molecule has 1 aromatic carbocycles. The van der Waals surface area contributed by atoms with Crippen molar-refractivity contribution < 1.29 is 23.0 Å². The molecule has 8 nitrogen and oxygen atoms in total. The molecule has 1 N–H and O–H groups in total. The summed E-state index contributed by atoms with van der Waals surface area (Å²) in [7, 11) is 0. The van der Waals surface area contributed by atoms with Crippen LogP contribution in [0.5, 0.6) is 0 Å². The molecule has 1 aromatic heterocycles. The number of nitro groups is 2. The molecule has 24 heavy (non-hydrogen) atoms. The molecule has 0 aliphatic heterocycles. The minimum Gasteiger partial charge on any atom is -0.360 e. The summed E-state index contributed by atoms with van der Waals surface area (Å²) in [5.41, 5.74) is -1.63. The predicted octanol–water partition coefficient (Wildman–Crippen LogP) is 3.53. The average Bonchev–Trinajstić information content (AvgIpc) is 2.52. The highest BCUT2D eigenvalue weighted by atomic mass is 19.4. The number of alkyl halides is 3. The van der Waals surface area contributed by atoms with Crippen molar-refractivity contribution in [1.29, 1.82) is 0 Å². The fourth-order valence-electron chi connectivity index (χ4n) is 1.80. The fourth-order valence-corrected chi connectivity index (χ4v) is 1.80. The van der Waals surface area contributed by atoms with Crippen molar-refractivity contribution in [1.82, 2.24) is 4.98 Å². The highest BCUT2D eigenvalue weighted by molar-refractivity contribution is 5.57. The maximum Gasteiger partial charge on any atom is 0.418 e. The van der Waals surface area contributed by atoms with Crippen LogP contribution in [0.25, 0.3) is 0 Å². The number of hydrogen-bond donors (Lipinski definition) is 1. The zero-order chi connectivity index (χ0) is 17.9. The van der Waals surface area contributed by atoms with Gasteiger partial charge < -0.3 is 5.32 Å². The fraction of sp³-hybridized carbons (Fsp3) is 0.154. The van der Waals surface area contributed by atoms with Crippen molar-refractivity contribution >= 4 is 17.2 Å². The van der Waals surface area contributed by atoms with E-state index >= 15 is 0 Å². The molecule has 0 aliphatic rings. The first kappa shape index (κ1) is 17.1. The second kappa shape index (κ2) is 6.48. The quantitative estimate of drug-likeness (QED) is 0.657. The zero-order valence-electron chi connectivity index (χ0n) is 11.8. The van der Waals surface area contributed by atoms with Gasteiger partial charge in [0.25, 0.3) is 5.69 Å². The Labute approximate surface area is 132 Å². The molecule has 126 valence electrons. The van der Waals surface area contributed by atoms with E-state index in [9.17, 15) is 33.4 Å². The van der Waals surface area contributed by atoms with Crippen LogP contribution in [0.3, 0.4) is 0 Å². The van der Waals surface area contributed by atoms with E-state index in [-0.39, 0.29) is 18.1 Å². The third kappa shape index (κ3) is 3.94. The molecule has 0 aliphatic carbocycles. The number of halogens is 3. The zero-order valence-corrected chi connectivity index (χ0v) is 11.8. The van der Waals surface area contributed by atoms with E-state index in [2.05, 4.69) is 10.3 Å². The molecule has 1 heterocycles. The van der Waals surface area contributed by atoms with E-state index < -0.39 is 27.3 Å². The van der Waals surface area contributed by atoms with Gasteiger partial charge in [-0.1, -0.05) is 12.1 Å². The van der Waals surface area contributed by atoms with Crippen molar-refractivity contribution in [3.63, 3.8) is 0 Å². The second-order valence-electron chi connectivity index (χ2n) is 4.62. The van der Waals surface area contributed by atoms with Gasteiger partial charge in [-0.05, 0) is 5.56 Å². The molecule has 0 saturated heterocycles. The van der Waals surface area contributed by atoms with Gasteiger partial charge in [-0.15, -0.1) is 0 Å². The molecule has 2 aromatic rings. The van der Waals surface area contributed by atoms with E-state index in [0.717, 1.165) is 0 Å². The van der Waals surface area contributed by atoms with Gasteiger partial charge in [-0.3, -0.25) is 20.2 Å². The number of non-ortho nitro benzene ring substituents is 1. The van der Waals surface area contributed by atoms with Gasteiger partial charge in [0, 0.05) is 30.9 Å². The SMILES string of the molecule is O=[N+]([O-])c1ccc(CNc2ncc(C(F)(F)F)cc2[N+](=O)[O-])cc1. The first-order valence-corrected chi connectivity index (χ1v) is 6.37. The van der Waals surface area contributed by atoms with Crippen molar-refractivity contribution in [2.45, 2.75) is 12.7 Å². The molecule has 2 rings (SSSR count). The molecular formula is C13H9F3N4O4. The molecule has 0 spiro atoms. The van der Waals surface area contributed by atoms with Crippen LogP contribution >= 0.6 is 0 Å². The summed E-state index contributed by atoms with van der Waals surface area (Å²) >= 11 is 0. The molecule has 11 heteroatoms. The number of benzene rings is 1. The minimum atomic E-state index is -4.74. The average molecular weight is 342 g/mol.